The van der Waals surface area contributed by atoms with Crippen LogP contribution in [-0.2, 0) is 0 Å². The third-order valence-electron chi connectivity index (χ3n) is 4.91. The molecule has 0 amide bonds. The number of rotatable bonds is 0. The van der Waals surface area contributed by atoms with Gasteiger partial charge in [0, 0.05) is 0 Å². The monoisotopic (exact) mass is 178 g/mol. The molecule has 6 atom stereocenters. The zero-order chi connectivity index (χ0) is 9.16. The summed E-state index contributed by atoms with van der Waals surface area (Å²) in [6.07, 6.45) is 4.98. The molecule has 13 heavy (non-hydrogen) atoms. The second kappa shape index (κ2) is 2.38. The predicted octanol–water partition coefficient (Wildman–Crippen LogP) is 2.22. The first-order chi connectivity index (χ1) is 6.20. The maximum Gasteiger partial charge on any atom is 0.0602 e. The van der Waals surface area contributed by atoms with Crippen molar-refractivity contribution in [1.29, 1.82) is 0 Å². The topological polar surface area (TPSA) is 20.2 Å². The maximum absolute atomic E-state index is 10.0. The Kier molecular flexibility index (Phi) is 1.48. The minimum Gasteiger partial charge on any atom is -0.393 e. The lowest BCUT2D eigenvalue weighted by atomic mass is 9.73. The van der Waals surface area contributed by atoms with E-state index < -0.39 is 0 Å². The summed E-state index contributed by atoms with van der Waals surface area (Å²) < 4.78 is 0. The van der Waals surface area contributed by atoms with Crippen molar-refractivity contribution >= 4 is 0 Å². The van der Waals surface area contributed by atoms with Gasteiger partial charge in [-0.2, -0.15) is 0 Å². The van der Waals surface area contributed by atoms with E-state index in [-0.39, 0.29) is 6.10 Å². The van der Waals surface area contributed by atoms with E-state index in [0.717, 1.165) is 17.8 Å². The van der Waals surface area contributed by atoms with Crippen LogP contribution in [0.15, 0.2) is 11.6 Å². The molecule has 2 saturated carbocycles. The van der Waals surface area contributed by atoms with Gasteiger partial charge in [-0.25, -0.2) is 0 Å². The molecule has 0 aromatic carbocycles. The molecule has 0 spiro atoms. The standard InChI is InChI=1S/C12H18O/c1-6-3-4-8-9-5-10(11(6)8)12(13)7(9)2/h3,7-13H,4-5H2,1-2H3. The molecule has 2 bridgehead atoms. The van der Waals surface area contributed by atoms with Crippen LogP contribution in [0.5, 0.6) is 0 Å². The van der Waals surface area contributed by atoms with Crippen LogP contribution in [0.1, 0.15) is 26.7 Å². The molecule has 3 aliphatic rings. The number of allylic oxidation sites excluding steroid dienone is 2. The molecule has 72 valence electrons. The third kappa shape index (κ3) is 0.817. The third-order valence-corrected chi connectivity index (χ3v) is 4.91. The van der Waals surface area contributed by atoms with Gasteiger partial charge in [0.25, 0.3) is 0 Å². The molecule has 3 rings (SSSR count). The van der Waals surface area contributed by atoms with Crippen molar-refractivity contribution in [3.63, 3.8) is 0 Å². The first-order valence-corrected chi connectivity index (χ1v) is 5.55. The molecule has 0 aliphatic heterocycles. The molecule has 2 fully saturated rings. The average molecular weight is 178 g/mol. The molecule has 1 N–H and O–H groups in total. The smallest absolute Gasteiger partial charge is 0.0602 e. The van der Waals surface area contributed by atoms with Crippen LogP contribution in [0.25, 0.3) is 0 Å². The summed E-state index contributed by atoms with van der Waals surface area (Å²) in [7, 11) is 0. The van der Waals surface area contributed by atoms with Crippen LogP contribution < -0.4 is 0 Å². The number of aliphatic hydroxyl groups is 1. The fraction of sp³-hybridized carbons (Fsp3) is 0.833. The van der Waals surface area contributed by atoms with E-state index >= 15 is 0 Å². The Balaban J connectivity index is 1.96. The molecule has 0 heterocycles. The van der Waals surface area contributed by atoms with Gasteiger partial charge in [0.2, 0.25) is 0 Å². The van der Waals surface area contributed by atoms with Crippen LogP contribution in [-0.4, -0.2) is 11.2 Å². The molecule has 0 aromatic rings. The summed E-state index contributed by atoms with van der Waals surface area (Å²) >= 11 is 0. The Morgan fingerprint density at radius 3 is 2.85 bits per heavy atom. The van der Waals surface area contributed by atoms with Gasteiger partial charge in [0.15, 0.2) is 0 Å². The van der Waals surface area contributed by atoms with Crippen molar-refractivity contribution in [2.75, 3.05) is 0 Å². The van der Waals surface area contributed by atoms with E-state index in [0.29, 0.717) is 11.8 Å². The second-order valence-corrected chi connectivity index (χ2v) is 5.29. The quantitative estimate of drug-likeness (QED) is 0.564. The van der Waals surface area contributed by atoms with Gasteiger partial charge in [0.05, 0.1) is 6.10 Å². The number of hydrogen-bond donors (Lipinski definition) is 1. The van der Waals surface area contributed by atoms with Crippen LogP contribution in [0, 0.1) is 29.6 Å². The summed E-state index contributed by atoms with van der Waals surface area (Å²) in [6, 6.07) is 0. The highest BCUT2D eigenvalue weighted by atomic mass is 16.3. The number of hydrogen-bond acceptors (Lipinski definition) is 1. The van der Waals surface area contributed by atoms with E-state index in [1.807, 2.05) is 0 Å². The highest BCUT2D eigenvalue weighted by Crippen LogP contribution is 2.60. The Morgan fingerprint density at radius 2 is 2.08 bits per heavy atom. The summed E-state index contributed by atoms with van der Waals surface area (Å²) in [6.45, 7) is 4.49. The highest BCUT2D eigenvalue weighted by molar-refractivity contribution is 5.22. The van der Waals surface area contributed by atoms with Crippen molar-refractivity contribution in [2.24, 2.45) is 29.6 Å². The summed E-state index contributed by atoms with van der Waals surface area (Å²) in [5, 5.41) is 10.0. The van der Waals surface area contributed by atoms with Gasteiger partial charge in [-0.15, -0.1) is 0 Å². The second-order valence-electron chi connectivity index (χ2n) is 5.29. The van der Waals surface area contributed by atoms with Crippen molar-refractivity contribution in [1.82, 2.24) is 0 Å². The molecular formula is C12H18O. The van der Waals surface area contributed by atoms with Crippen LogP contribution in [0.3, 0.4) is 0 Å². The average Bonchev–Trinajstić information content (AvgIpc) is 2.70. The zero-order valence-corrected chi connectivity index (χ0v) is 8.40. The molecule has 0 aromatic heterocycles. The van der Waals surface area contributed by atoms with Gasteiger partial charge in [0.1, 0.15) is 0 Å². The van der Waals surface area contributed by atoms with Crippen LogP contribution >= 0.6 is 0 Å². The van der Waals surface area contributed by atoms with Crippen molar-refractivity contribution in [3.05, 3.63) is 11.6 Å². The fourth-order valence-electron chi connectivity index (χ4n) is 4.27. The Bertz CT molecular complexity index is 268. The summed E-state index contributed by atoms with van der Waals surface area (Å²) in [5.74, 6) is 3.62. The predicted molar refractivity (Wildman–Crippen MR) is 52.1 cm³/mol. The minimum atomic E-state index is -0.00676. The molecule has 6 unspecified atom stereocenters. The van der Waals surface area contributed by atoms with Crippen LogP contribution in [0.2, 0.25) is 0 Å². The van der Waals surface area contributed by atoms with Gasteiger partial charge < -0.3 is 5.11 Å². The van der Waals surface area contributed by atoms with Crippen molar-refractivity contribution in [2.45, 2.75) is 32.8 Å². The lowest BCUT2D eigenvalue weighted by molar-refractivity contribution is 0.0263. The lowest BCUT2D eigenvalue weighted by Gasteiger charge is -2.34. The van der Waals surface area contributed by atoms with Gasteiger partial charge in [-0.05, 0) is 49.4 Å². The summed E-state index contributed by atoms with van der Waals surface area (Å²) in [5.41, 5.74) is 1.56. The number of aliphatic hydroxyl groups excluding tert-OH is 1. The fourth-order valence-corrected chi connectivity index (χ4v) is 4.27. The minimum absolute atomic E-state index is 0.00676. The van der Waals surface area contributed by atoms with Gasteiger partial charge in [-0.3, -0.25) is 0 Å². The molecule has 0 saturated heterocycles. The van der Waals surface area contributed by atoms with Crippen molar-refractivity contribution in [3.8, 4) is 0 Å². The Labute approximate surface area is 79.8 Å². The lowest BCUT2D eigenvalue weighted by Crippen LogP contribution is -2.35. The van der Waals surface area contributed by atoms with Gasteiger partial charge in [-0.1, -0.05) is 18.6 Å². The largest absolute Gasteiger partial charge is 0.393 e. The highest BCUT2D eigenvalue weighted by Gasteiger charge is 2.57. The molecule has 3 aliphatic carbocycles. The molecular weight excluding hydrogens is 160 g/mol. The van der Waals surface area contributed by atoms with Gasteiger partial charge >= 0.3 is 0 Å². The summed E-state index contributed by atoms with van der Waals surface area (Å²) in [4.78, 5) is 0. The Morgan fingerprint density at radius 1 is 1.31 bits per heavy atom. The van der Waals surface area contributed by atoms with Crippen LogP contribution in [0.4, 0.5) is 0 Å². The van der Waals surface area contributed by atoms with E-state index in [2.05, 4.69) is 19.9 Å². The number of fused-ring (bicyclic) bond motifs is 5. The van der Waals surface area contributed by atoms with E-state index in [1.54, 1.807) is 5.57 Å². The normalized spacial score (nSPS) is 58.2. The van der Waals surface area contributed by atoms with E-state index in [9.17, 15) is 5.11 Å². The molecule has 1 heteroatoms. The Hall–Kier alpha value is -0.300. The maximum atomic E-state index is 10.0. The van der Waals surface area contributed by atoms with E-state index in [4.69, 9.17) is 0 Å². The molecule has 1 nitrogen and oxygen atoms in total. The SMILES string of the molecule is CC1=CCC2C3CC(C(O)C3C)C12. The van der Waals surface area contributed by atoms with Crippen molar-refractivity contribution < 1.29 is 5.11 Å². The first kappa shape index (κ1) is 8.05. The zero-order valence-electron chi connectivity index (χ0n) is 8.40. The molecule has 0 radical (unpaired) electrons. The van der Waals surface area contributed by atoms with E-state index in [1.165, 1.54) is 12.8 Å². The first-order valence-electron chi connectivity index (χ1n) is 5.55.